The standard InChI is InChI=1S/C13H21NO3/c1-10(2)14-8-11(15)9-17-13-7-5-4-6-12(13)16-3/h4-7,10-11,14-15H,8-9H2,1-3H3/p+1/t11-/m1/s1. The molecule has 0 fully saturated rings. The molecule has 1 aromatic rings. The molecule has 0 aromatic heterocycles. The number of quaternary nitrogens is 1. The van der Waals surface area contributed by atoms with Gasteiger partial charge in [-0.25, -0.2) is 0 Å². The molecule has 1 rings (SSSR count). The minimum atomic E-state index is -0.470. The molecule has 0 aliphatic carbocycles. The second kappa shape index (κ2) is 7.14. The summed E-state index contributed by atoms with van der Waals surface area (Å²) in [6, 6.07) is 7.91. The molecule has 96 valence electrons. The Bertz CT molecular complexity index is 328. The summed E-state index contributed by atoms with van der Waals surface area (Å²) in [6.45, 7) is 5.11. The van der Waals surface area contributed by atoms with Crippen LogP contribution in [0.25, 0.3) is 0 Å². The van der Waals surface area contributed by atoms with Crippen molar-refractivity contribution < 1.29 is 19.9 Å². The fourth-order valence-corrected chi connectivity index (χ4v) is 1.42. The Labute approximate surface area is 103 Å². The lowest BCUT2D eigenvalue weighted by Crippen LogP contribution is -2.90. The second-order valence-electron chi connectivity index (χ2n) is 4.33. The highest BCUT2D eigenvalue weighted by Crippen LogP contribution is 2.25. The first-order valence-corrected chi connectivity index (χ1v) is 5.90. The van der Waals surface area contributed by atoms with Crippen LogP contribution >= 0.6 is 0 Å². The highest BCUT2D eigenvalue weighted by Gasteiger charge is 2.10. The summed E-state index contributed by atoms with van der Waals surface area (Å²) in [4.78, 5) is 0. The van der Waals surface area contributed by atoms with Crippen molar-refractivity contribution >= 4 is 0 Å². The van der Waals surface area contributed by atoms with Gasteiger partial charge in [0.2, 0.25) is 0 Å². The molecule has 17 heavy (non-hydrogen) atoms. The molecule has 0 radical (unpaired) electrons. The number of hydrogen-bond donors (Lipinski definition) is 2. The molecular formula is C13H22NO3+. The van der Waals surface area contributed by atoms with Gasteiger partial charge in [-0.15, -0.1) is 0 Å². The summed E-state index contributed by atoms with van der Waals surface area (Å²) in [7, 11) is 1.60. The number of benzene rings is 1. The van der Waals surface area contributed by atoms with Crippen molar-refractivity contribution in [2.45, 2.75) is 26.0 Å². The zero-order valence-corrected chi connectivity index (χ0v) is 10.7. The Morgan fingerprint density at radius 2 is 1.88 bits per heavy atom. The first-order chi connectivity index (χ1) is 8.13. The maximum Gasteiger partial charge on any atom is 0.161 e. The van der Waals surface area contributed by atoms with Crippen LogP contribution in [0, 0.1) is 0 Å². The summed E-state index contributed by atoms with van der Waals surface area (Å²) < 4.78 is 10.7. The van der Waals surface area contributed by atoms with Gasteiger partial charge in [-0.2, -0.15) is 0 Å². The molecule has 0 unspecified atom stereocenters. The van der Waals surface area contributed by atoms with E-state index in [0.29, 0.717) is 24.1 Å². The Morgan fingerprint density at radius 1 is 1.24 bits per heavy atom. The SMILES string of the molecule is COc1ccccc1OC[C@H](O)C[NH2+]C(C)C. The number of aliphatic hydroxyl groups is 1. The third kappa shape index (κ3) is 5.06. The Hall–Kier alpha value is -1.26. The van der Waals surface area contributed by atoms with Crippen LogP contribution in [0.1, 0.15) is 13.8 Å². The van der Waals surface area contributed by atoms with Crippen molar-refractivity contribution in [2.75, 3.05) is 20.3 Å². The first-order valence-electron chi connectivity index (χ1n) is 5.90. The molecule has 1 atom stereocenters. The average molecular weight is 240 g/mol. The molecule has 1 aromatic carbocycles. The van der Waals surface area contributed by atoms with E-state index in [1.807, 2.05) is 24.3 Å². The second-order valence-corrected chi connectivity index (χ2v) is 4.33. The largest absolute Gasteiger partial charge is 0.493 e. The van der Waals surface area contributed by atoms with Crippen LogP contribution in [0.3, 0.4) is 0 Å². The van der Waals surface area contributed by atoms with E-state index in [9.17, 15) is 5.11 Å². The van der Waals surface area contributed by atoms with Crippen molar-refractivity contribution in [3.8, 4) is 11.5 Å². The molecule has 0 spiro atoms. The zero-order chi connectivity index (χ0) is 12.7. The van der Waals surface area contributed by atoms with E-state index in [4.69, 9.17) is 9.47 Å². The topological polar surface area (TPSA) is 55.3 Å². The van der Waals surface area contributed by atoms with Gasteiger partial charge >= 0.3 is 0 Å². The summed E-state index contributed by atoms with van der Waals surface area (Å²) in [6.07, 6.45) is -0.470. The van der Waals surface area contributed by atoms with Crippen LogP contribution in [-0.4, -0.2) is 37.5 Å². The first kappa shape index (κ1) is 13.8. The van der Waals surface area contributed by atoms with E-state index < -0.39 is 6.10 Å². The normalized spacial score (nSPS) is 12.5. The van der Waals surface area contributed by atoms with E-state index in [1.165, 1.54) is 0 Å². The van der Waals surface area contributed by atoms with Gasteiger partial charge in [-0.05, 0) is 26.0 Å². The van der Waals surface area contributed by atoms with Crippen molar-refractivity contribution in [1.82, 2.24) is 0 Å². The van der Waals surface area contributed by atoms with E-state index in [0.717, 1.165) is 0 Å². The maximum absolute atomic E-state index is 9.73. The molecule has 0 saturated carbocycles. The Morgan fingerprint density at radius 3 is 2.47 bits per heavy atom. The number of hydrogen-bond acceptors (Lipinski definition) is 3. The molecule has 3 N–H and O–H groups in total. The third-order valence-electron chi connectivity index (χ3n) is 2.38. The van der Waals surface area contributed by atoms with E-state index in [-0.39, 0.29) is 6.61 Å². The van der Waals surface area contributed by atoms with Crippen molar-refractivity contribution in [2.24, 2.45) is 0 Å². The number of aliphatic hydroxyl groups excluding tert-OH is 1. The van der Waals surface area contributed by atoms with Crippen molar-refractivity contribution in [1.29, 1.82) is 0 Å². The molecule has 0 bridgehead atoms. The summed E-state index contributed by atoms with van der Waals surface area (Å²) >= 11 is 0. The highest BCUT2D eigenvalue weighted by atomic mass is 16.5. The van der Waals surface area contributed by atoms with Gasteiger partial charge in [0, 0.05) is 0 Å². The smallest absolute Gasteiger partial charge is 0.161 e. The summed E-state index contributed by atoms with van der Waals surface area (Å²) in [5, 5.41) is 11.8. The molecule has 4 heteroatoms. The van der Waals surface area contributed by atoms with Gasteiger partial charge < -0.3 is 19.9 Å². The summed E-state index contributed by atoms with van der Waals surface area (Å²) in [5.41, 5.74) is 0. The minimum Gasteiger partial charge on any atom is -0.493 e. The van der Waals surface area contributed by atoms with E-state index in [1.54, 1.807) is 7.11 Å². The van der Waals surface area contributed by atoms with Gasteiger partial charge in [0.05, 0.1) is 13.2 Å². The Kier molecular flexibility index (Phi) is 5.80. The van der Waals surface area contributed by atoms with Gasteiger partial charge in [-0.1, -0.05) is 12.1 Å². The van der Waals surface area contributed by atoms with Crippen LogP contribution < -0.4 is 14.8 Å². The van der Waals surface area contributed by atoms with Crippen LogP contribution in [0.5, 0.6) is 11.5 Å². The Balaban J connectivity index is 2.39. The molecule has 0 saturated heterocycles. The molecule has 0 aliphatic rings. The number of rotatable bonds is 7. The lowest BCUT2D eigenvalue weighted by molar-refractivity contribution is -0.688. The number of methoxy groups -OCH3 is 1. The van der Waals surface area contributed by atoms with E-state index in [2.05, 4.69) is 19.2 Å². The molecular weight excluding hydrogens is 218 g/mol. The molecule has 0 amide bonds. The van der Waals surface area contributed by atoms with Gasteiger partial charge in [0.1, 0.15) is 19.3 Å². The number of ether oxygens (including phenoxy) is 2. The van der Waals surface area contributed by atoms with Gasteiger partial charge in [-0.3, -0.25) is 0 Å². The predicted octanol–water partition coefficient (Wildman–Crippen LogP) is 0.407. The van der Waals surface area contributed by atoms with Gasteiger partial charge in [0.25, 0.3) is 0 Å². The quantitative estimate of drug-likeness (QED) is 0.725. The van der Waals surface area contributed by atoms with Crippen LogP contribution in [0.2, 0.25) is 0 Å². The third-order valence-corrected chi connectivity index (χ3v) is 2.38. The fourth-order valence-electron chi connectivity index (χ4n) is 1.42. The predicted molar refractivity (Wildman–Crippen MR) is 66.4 cm³/mol. The van der Waals surface area contributed by atoms with Crippen molar-refractivity contribution in [3.63, 3.8) is 0 Å². The van der Waals surface area contributed by atoms with Crippen LogP contribution in [0.4, 0.5) is 0 Å². The van der Waals surface area contributed by atoms with Crippen molar-refractivity contribution in [3.05, 3.63) is 24.3 Å². The lowest BCUT2D eigenvalue weighted by atomic mass is 10.3. The van der Waals surface area contributed by atoms with Crippen LogP contribution in [0.15, 0.2) is 24.3 Å². The number of para-hydroxylation sites is 2. The zero-order valence-electron chi connectivity index (χ0n) is 10.7. The molecule has 0 heterocycles. The monoisotopic (exact) mass is 240 g/mol. The van der Waals surface area contributed by atoms with Crippen LogP contribution in [-0.2, 0) is 0 Å². The average Bonchev–Trinajstić information content (AvgIpc) is 2.34. The lowest BCUT2D eigenvalue weighted by Gasteiger charge is -2.14. The highest BCUT2D eigenvalue weighted by molar-refractivity contribution is 5.39. The molecule has 0 aliphatic heterocycles. The summed E-state index contributed by atoms with van der Waals surface area (Å²) in [5.74, 6) is 1.35. The maximum atomic E-state index is 9.73. The van der Waals surface area contributed by atoms with Gasteiger partial charge in [0.15, 0.2) is 11.5 Å². The fraction of sp³-hybridized carbons (Fsp3) is 0.538. The number of nitrogens with two attached hydrogens (primary N) is 1. The minimum absolute atomic E-state index is 0.281. The van der Waals surface area contributed by atoms with E-state index >= 15 is 0 Å². The molecule has 4 nitrogen and oxygen atoms in total.